The van der Waals surface area contributed by atoms with E-state index in [4.69, 9.17) is 4.42 Å². The number of unbranched alkanes of at least 4 members (excludes halogenated alkanes) is 2. The molecule has 0 bridgehead atoms. The van der Waals surface area contributed by atoms with E-state index in [1.165, 1.54) is 49.5 Å². The van der Waals surface area contributed by atoms with E-state index in [0.29, 0.717) is 5.92 Å². The molecule has 2 aromatic rings. The highest BCUT2D eigenvalue weighted by Crippen LogP contribution is 2.31. The van der Waals surface area contributed by atoms with Gasteiger partial charge in [0.2, 0.25) is 0 Å². The van der Waals surface area contributed by atoms with Crippen LogP contribution in [0.15, 0.2) is 34.9 Å². The van der Waals surface area contributed by atoms with E-state index in [-0.39, 0.29) is 0 Å². The van der Waals surface area contributed by atoms with E-state index in [9.17, 15) is 0 Å². The first-order valence-electron chi connectivity index (χ1n) is 8.21. The molecule has 0 spiro atoms. The third-order valence-electron chi connectivity index (χ3n) is 4.43. The zero-order valence-electron chi connectivity index (χ0n) is 13.2. The minimum absolute atomic E-state index is 0.668. The number of hydrogen-bond acceptors (Lipinski definition) is 1. The van der Waals surface area contributed by atoms with Crippen molar-refractivity contribution in [2.45, 2.75) is 65.2 Å². The van der Waals surface area contributed by atoms with Crippen molar-refractivity contribution < 1.29 is 4.42 Å². The Morgan fingerprint density at radius 1 is 1.10 bits per heavy atom. The van der Waals surface area contributed by atoms with Gasteiger partial charge in [0.15, 0.2) is 0 Å². The zero-order chi connectivity index (χ0) is 14.4. The number of fused-ring (bicyclic) bond motifs is 1. The van der Waals surface area contributed by atoms with E-state index in [0.717, 1.165) is 11.5 Å². The lowest BCUT2D eigenvalue weighted by molar-refractivity contribution is 0.415. The summed E-state index contributed by atoms with van der Waals surface area (Å²) in [7, 11) is 0. The molecular weight excluding hydrogens is 244 g/mol. The predicted octanol–water partition coefficient (Wildman–Crippen LogP) is 6.53. The third kappa shape index (κ3) is 3.88. The number of rotatable bonds is 8. The molecule has 0 radical (unpaired) electrons. The van der Waals surface area contributed by atoms with Gasteiger partial charge in [-0.3, -0.25) is 0 Å². The van der Waals surface area contributed by atoms with Crippen LogP contribution in [0.3, 0.4) is 0 Å². The van der Waals surface area contributed by atoms with Crippen LogP contribution in [-0.4, -0.2) is 0 Å². The highest BCUT2D eigenvalue weighted by Gasteiger charge is 2.14. The third-order valence-corrected chi connectivity index (χ3v) is 4.43. The van der Waals surface area contributed by atoms with E-state index < -0.39 is 0 Å². The Balaban J connectivity index is 1.99. The Morgan fingerprint density at radius 2 is 1.95 bits per heavy atom. The average molecular weight is 272 g/mol. The molecule has 2 rings (SSSR count). The lowest BCUT2D eigenvalue weighted by Gasteiger charge is -2.20. The lowest BCUT2D eigenvalue weighted by Crippen LogP contribution is -2.04. The molecule has 1 heteroatoms. The molecule has 2 unspecified atom stereocenters. The van der Waals surface area contributed by atoms with Gasteiger partial charge >= 0.3 is 0 Å². The zero-order valence-corrected chi connectivity index (χ0v) is 13.2. The molecule has 0 aliphatic rings. The molecule has 1 nitrogen and oxygen atoms in total. The van der Waals surface area contributed by atoms with Crippen LogP contribution in [0, 0.1) is 5.92 Å². The van der Waals surface area contributed by atoms with Gasteiger partial charge in [-0.2, -0.15) is 0 Å². The molecule has 0 saturated heterocycles. The number of furan rings is 1. The van der Waals surface area contributed by atoms with E-state index in [2.05, 4.69) is 39.0 Å². The van der Waals surface area contributed by atoms with Crippen molar-refractivity contribution in [2.24, 2.45) is 5.92 Å². The van der Waals surface area contributed by atoms with Crippen LogP contribution in [-0.2, 0) is 0 Å². The van der Waals surface area contributed by atoms with E-state index >= 15 is 0 Å². The maximum atomic E-state index is 5.54. The first kappa shape index (κ1) is 15.2. The Bertz CT molecular complexity index is 511. The molecule has 0 amide bonds. The van der Waals surface area contributed by atoms with Gasteiger partial charge in [0, 0.05) is 5.39 Å². The molecule has 0 fully saturated rings. The molecule has 20 heavy (non-hydrogen) atoms. The first-order chi connectivity index (χ1) is 9.74. The van der Waals surface area contributed by atoms with Crippen LogP contribution in [0.25, 0.3) is 11.0 Å². The number of benzene rings is 1. The molecule has 1 aromatic heterocycles. The summed E-state index contributed by atoms with van der Waals surface area (Å²) < 4.78 is 5.54. The van der Waals surface area contributed by atoms with Gasteiger partial charge in [-0.15, -0.1) is 0 Å². The quantitative estimate of drug-likeness (QED) is 0.498. The van der Waals surface area contributed by atoms with E-state index in [1.807, 2.05) is 6.07 Å². The summed E-state index contributed by atoms with van der Waals surface area (Å²) in [6.07, 6.45) is 9.73. The summed E-state index contributed by atoms with van der Waals surface area (Å²) >= 11 is 0. The van der Waals surface area contributed by atoms with Gasteiger partial charge in [0.05, 0.1) is 6.26 Å². The maximum absolute atomic E-state index is 5.54. The summed E-state index contributed by atoms with van der Waals surface area (Å²) in [5.41, 5.74) is 2.47. The highest BCUT2D eigenvalue weighted by molar-refractivity contribution is 5.77. The molecule has 0 aliphatic carbocycles. The summed E-state index contributed by atoms with van der Waals surface area (Å²) in [6.45, 7) is 6.98. The lowest BCUT2D eigenvalue weighted by atomic mass is 9.85. The van der Waals surface area contributed by atoms with Gasteiger partial charge in [-0.25, -0.2) is 0 Å². The minimum atomic E-state index is 0.668. The van der Waals surface area contributed by atoms with Gasteiger partial charge in [0.25, 0.3) is 0 Å². The fourth-order valence-corrected chi connectivity index (χ4v) is 3.11. The van der Waals surface area contributed by atoms with E-state index in [1.54, 1.807) is 6.26 Å². The summed E-state index contributed by atoms with van der Waals surface area (Å²) in [5.74, 6) is 1.49. The maximum Gasteiger partial charge on any atom is 0.134 e. The molecule has 110 valence electrons. The smallest absolute Gasteiger partial charge is 0.134 e. The SMILES string of the molecule is CCCCCC(C)CC(CC)c1ccc2ccoc2c1. The largest absolute Gasteiger partial charge is 0.464 e. The molecule has 0 aliphatic heterocycles. The molecule has 1 aromatic carbocycles. The van der Waals surface area contributed by atoms with Crippen LogP contribution in [0.1, 0.15) is 70.8 Å². The Labute approximate surface area is 123 Å². The number of hydrogen-bond donors (Lipinski definition) is 0. The van der Waals surface area contributed by atoms with Crippen LogP contribution in [0.4, 0.5) is 0 Å². The van der Waals surface area contributed by atoms with Crippen molar-refractivity contribution >= 4 is 11.0 Å². The fourth-order valence-electron chi connectivity index (χ4n) is 3.11. The van der Waals surface area contributed by atoms with Crippen molar-refractivity contribution in [3.63, 3.8) is 0 Å². The topological polar surface area (TPSA) is 13.1 Å². The molecule has 0 saturated carbocycles. The standard InChI is InChI=1S/C19H28O/c1-4-6-7-8-15(3)13-16(5-2)18-10-9-17-11-12-20-19(17)14-18/h9-12,14-16H,4-8,13H2,1-3H3. The van der Waals surface area contributed by atoms with Gasteiger partial charge in [-0.05, 0) is 42.4 Å². The van der Waals surface area contributed by atoms with Crippen LogP contribution >= 0.6 is 0 Å². The van der Waals surface area contributed by atoms with Crippen LogP contribution in [0.2, 0.25) is 0 Å². The summed E-state index contributed by atoms with van der Waals surface area (Å²) in [6, 6.07) is 8.75. The van der Waals surface area contributed by atoms with Crippen molar-refractivity contribution in [1.29, 1.82) is 0 Å². The Kier molecular flexibility index (Phi) is 5.70. The van der Waals surface area contributed by atoms with Crippen molar-refractivity contribution in [3.05, 3.63) is 36.1 Å². The van der Waals surface area contributed by atoms with Crippen LogP contribution in [0.5, 0.6) is 0 Å². The summed E-state index contributed by atoms with van der Waals surface area (Å²) in [4.78, 5) is 0. The average Bonchev–Trinajstić information content (AvgIpc) is 2.92. The highest BCUT2D eigenvalue weighted by atomic mass is 16.3. The minimum Gasteiger partial charge on any atom is -0.464 e. The first-order valence-corrected chi connectivity index (χ1v) is 8.21. The predicted molar refractivity (Wildman–Crippen MR) is 87.2 cm³/mol. The molecule has 1 heterocycles. The Hall–Kier alpha value is -1.24. The molecule has 0 N–H and O–H groups in total. The van der Waals surface area contributed by atoms with Crippen molar-refractivity contribution in [2.75, 3.05) is 0 Å². The second-order valence-corrected chi connectivity index (χ2v) is 6.16. The second-order valence-electron chi connectivity index (χ2n) is 6.16. The molecule has 2 atom stereocenters. The normalized spacial score (nSPS) is 14.6. The second kappa shape index (κ2) is 7.52. The van der Waals surface area contributed by atoms with Crippen LogP contribution < -0.4 is 0 Å². The van der Waals surface area contributed by atoms with Crippen molar-refractivity contribution in [3.8, 4) is 0 Å². The van der Waals surface area contributed by atoms with Gasteiger partial charge < -0.3 is 4.42 Å². The monoisotopic (exact) mass is 272 g/mol. The molecular formula is C19H28O. The summed E-state index contributed by atoms with van der Waals surface area (Å²) in [5, 5.41) is 1.21. The van der Waals surface area contributed by atoms with Crippen molar-refractivity contribution in [1.82, 2.24) is 0 Å². The Morgan fingerprint density at radius 3 is 2.70 bits per heavy atom. The van der Waals surface area contributed by atoms with Gasteiger partial charge in [0.1, 0.15) is 5.58 Å². The van der Waals surface area contributed by atoms with Gasteiger partial charge in [-0.1, -0.05) is 58.6 Å². The fraction of sp³-hybridized carbons (Fsp3) is 0.579.